The van der Waals surface area contributed by atoms with Crippen LogP contribution in [0.25, 0.3) is 0 Å². The monoisotopic (exact) mass is 270 g/mol. The van der Waals surface area contributed by atoms with E-state index < -0.39 is 15.1 Å². The van der Waals surface area contributed by atoms with E-state index in [0.717, 1.165) is 12.0 Å². The highest BCUT2D eigenvalue weighted by molar-refractivity contribution is 7.92. The Labute approximate surface area is 109 Å². The first-order chi connectivity index (χ1) is 8.41. The SMILES string of the molecule is CC(C)S(=O)(=O)c1ccc(CC(CN)CN)cc1. The molecule has 0 heterocycles. The molecule has 0 aliphatic rings. The van der Waals surface area contributed by atoms with Gasteiger partial charge in [-0.3, -0.25) is 0 Å². The third-order valence-electron chi connectivity index (χ3n) is 3.06. The topological polar surface area (TPSA) is 86.2 Å². The van der Waals surface area contributed by atoms with Crippen molar-refractivity contribution in [1.82, 2.24) is 0 Å². The van der Waals surface area contributed by atoms with Gasteiger partial charge in [-0.2, -0.15) is 0 Å². The third-order valence-corrected chi connectivity index (χ3v) is 5.23. The van der Waals surface area contributed by atoms with Gasteiger partial charge in [0.25, 0.3) is 0 Å². The lowest BCUT2D eigenvalue weighted by Gasteiger charge is -2.13. The van der Waals surface area contributed by atoms with Crippen molar-refractivity contribution in [2.45, 2.75) is 30.4 Å². The second kappa shape index (κ2) is 6.31. The van der Waals surface area contributed by atoms with Crippen LogP contribution in [0.1, 0.15) is 19.4 Å². The molecule has 0 radical (unpaired) electrons. The molecule has 18 heavy (non-hydrogen) atoms. The van der Waals surface area contributed by atoms with E-state index in [2.05, 4.69) is 0 Å². The van der Waals surface area contributed by atoms with E-state index in [1.807, 2.05) is 12.1 Å². The largest absolute Gasteiger partial charge is 0.330 e. The van der Waals surface area contributed by atoms with Crippen molar-refractivity contribution >= 4 is 9.84 Å². The molecule has 0 bridgehead atoms. The lowest BCUT2D eigenvalue weighted by molar-refractivity contribution is 0.548. The minimum atomic E-state index is -3.18. The Kier molecular flexibility index (Phi) is 5.31. The Balaban J connectivity index is 2.87. The summed E-state index contributed by atoms with van der Waals surface area (Å²) in [6.45, 7) is 4.45. The van der Waals surface area contributed by atoms with Crippen LogP contribution in [0.2, 0.25) is 0 Å². The van der Waals surface area contributed by atoms with Crippen LogP contribution >= 0.6 is 0 Å². The van der Waals surface area contributed by atoms with E-state index in [1.54, 1.807) is 26.0 Å². The molecule has 0 saturated heterocycles. The molecule has 1 aromatic carbocycles. The fourth-order valence-electron chi connectivity index (χ4n) is 1.68. The predicted octanol–water partition coefficient (Wildman–Crippen LogP) is 0.945. The second-order valence-corrected chi connectivity index (χ2v) is 7.28. The number of sulfone groups is 1. The number of nitrogens with two attached hydrogens (primary N) is 2. The van der Waals surface area contributed by atoms with E-state index >= 15 is 0 Å². The first-order valence-corrected chi connectivity index (χ1v) is 7.69. The Bertz CT molecular complexity index is 462. The average molecular weight is 270 g/mol. The molecule has 0 aromatic heterocycles. The van der Waals surface area contributed by atoms with Gasteiger partial charge in [0.2, 0.25) is 0 Å². The zero-order valence-electron chi connectivity index (χ0n) is 11.0. The highest BCUT2D eigenvalue weighted by Gasteiger charge is 2.18. The van der Waals surface area contributed by atoms with Gasteiger partial charge in [-0.05, 0) is 57.0 Å². The van der Waals surface area contributed by atoms with Gasteiger partial charge >= 0.3 is 0 Å². The summed E-state index contributed by atoms with van der Waals surface area (Å²) in [6.07, 6.45) is 0.787. The van der Waals surface area contributed by atoms with Gasteiger partial charge in [0.15, 0.2) is 9.84 Å². The maximum atomic E-state index is 11.9. The Hall–Kier alpha value is -0.910. The standard InChI is InChI=1S/C13H22N2O2S/c1-10(2)18(16,17)13-5-3-11(4-6-13)7-12(8-14)9-15/h3-6,10,12H,7-9,14-15H2,1-2H3. The molecule has 1 aromatic rings. The number of rotatable bonds is 6. The van der Waals surface area contributed by atoms with Crippen molar-refractivity contribution in [1.29, 1.82) is 0 Å². The molecule has 1 rings (SSSR count). The van der Waals surface area contributed by atoms with Gasteiger partial charge in [-0.1, -0.05) is 12.1 Å². The number of benzene rings is 1. The second-order valence-electron chi connectivity index (χ2n) is 4.78. The summed E-state index contributed by atoms with van der Waals surface area (Å²) in [6, 6.07) is 7.00. The normalized spacial score (nSPS) is 12.3. The van der Waals surface area contributed by atoms with Gasteiger partial charge in [0, 0.05) is 0 Å². The van der Waals surface area contributed by atoms with Crippen LogP contribution in [0.15, 0.2) is 29.2 Å². The van der Waals surface area contributed by atoms with Gasteiger partial charge in [-0.25, -0.2) is 8.42 Å². The molecular formula is C13H22N2O2S. The van der Waals surface area contributed by atoms with Gasteiger partial charge in [0.05, 0.1) is 10.1 Å². The highest BCUT2D eigenvalue weighted by Crippen LogP contribution is 2.17. The quantitative estimate of drug-likeness (QED) is 0.805. The van der Waals surface area contributed by atoms with E-state index in [1.165, 1.54) is 0 Å². The van der Waals surface area contributed by atoms with Gasteiger partial charge in [-0.15, -0.1) is 0 Å². The molecule has 0 atom stereocenters. The van der Waals surface area contributed by atoms with Crippen molar-refractivity contribution < 1.29 is 8.42 Å². The van der Waals surface area contributed by atoms with Gasteiger partial charge in [0.1, 0.15) is 0 Å². The summed E-state index contributed by atoms with van der Waals surface area (Å²) in [4.78, 5) is 0.373. The fraction of sp³-hybridized carbons (Fsp3) is 0.538. The zero-order chi connectivity index (χ0) is 13.8. The highest BCUT2D eigenvalue weighted by atomic mass is 32.2. The number of hydrogen-bond acceptors (Lipinski definition) is 4. The van der Waals surface area contributed by atoms with Crippen molar-refractivity contribution in [2.24, 2.45) is 17.4 Å². The molecule has 0 unspecified atom stereocenters. The van der Waals surface area contributed by atoms with Crippen LogP contribution in [-0.4, -0.2) is 26.8 Å². The smallest absolute Gasteiger partial charge is 0.180 e. The van der Waals surface area contributed by atoms with Crippen molar-refractivity contribution in [3.63, 3.8) is 0 Å². The van der Waals surface area contributed by atoms with Crippen LogP contribution in [0.3, 0.4) is 0 Å². The zero-order valence-corrected chi connectivity index (χ0v) is 11.8. The Morgan fingerprint density at radius 3 is 1.94 bits per heavy atom. The van der Waals surface area contributed by atoms with Gasteiger partial charge < -0.3 is 11.5 Å². The van der Waals surface area contributed by atoms with E-state index in [4.69, 9.17) is 11.5 Å². The molecule has 4 N–H and O–H groups in total. The van der Waals surface area contributed by atoms with Crippen LogP contribution in [0.4, 0.5) is 0 Å². The predicted molar refractivity (Wildman–Crippen MR) is 74.1 cm³/mol. The third kappa shape index (κ3) is 3.54. The Morgan fingerprint density at radius 1 is 1.06 bits per heavy atom. The molecule has 4 nitrogen and oxygen atoms in total. The molecule has 0 spiro atoms. The van der Waals surface area contributed by atoms with Crippen LogP contribution in [0.5, 0.6) is 0 Å². The van der Waals surface area contributed by atoms with Crippen LogP contribution < -0.4 is 11.5 Å². The van der Waals surface area contributed by atoms with Crippen LogP contribution in [0, 0.1) is 5.92 Å². The lowest BCUT2D eigenvalue weighted by Crippen LogP contribution is -2.25. The maximum absolute atomic E-state index is 11.9. The molecule has 0 aliphatic heterocycles. The van der Waals surface area contributed by atoms with E-state index in [9.17, 15) is 8.42 Å². The summed E-state index contributed by atoms with van der Waals surface area (Å²) in [5, 5.41) is -0.399. The lowest BCUT2D eigenvalue weighted by atomic mass is 10.00. The summed E-state index contributed by atoms with van der Waals surface area (Å²) in [5.41, 5.74) is 12.3. The molecule has 0 fully saturated rings. The molecule has 102 valence electrons. The van der Waals surface area contributed by atoms with Crippen molar-refractivity contribution in [3.8, 4) is 0 Å². The summed E-state index contributed by atoms with van der Waals surface area (Å²) < 4.78 is 23.9. The number of hydrogen-bond donors (Lipinski definition) is 2. The van der Waals surface area contributed by atoms with E-state index in [0.29, 0.717) is 18.0 Å². The summed E-state index contributed by atoms with van der Waals surface area (Å²) >= 11 is 0. The summed E-state index contributed by atoms with van der Waals surface area (Å²) in [7, 11) is -3.18. The first-order valence-electron chi connectivity index (χ1n) is 6.14. The Morgan fingerprint density at radius 2 is 1.56 bits per heavy atom. The minimum absolute atomic E-state index is 0.248. The molecule has 0 amide bonds. The maximum Gasteiger partial charge on any atom is 0.180 e. The molecule has 5 heteroatoms. The minimum Gasteiger partial charge on any atom is -0.330 e. The summed E-state index contributed by atoms with van der Waals surface area (Å²) in [5.74, 6) is 0.248. The molecule has 0 saturated carbocycles. The van der Waals surface area contributed by atoms with Crippen LogP contribution in [-0.2, 0) is 16.3 Å². The van der Waals surface area contributed by atoms with Crippen molar-refractivity contribution in [2.75, 3.05) is 13.1 Å². The average Bonchev–Trinajstić information content (AvgIpc) is 2.36. The molecular weight excluding hydrogens is 248 g/mol. The fourth-order valence-corrected chi connectivity index (χ4v) is 2.74. The van der Waals surface area contributed by atoms with E-state index in [-0.39, 0.29) is 5.92 Å². The van der Waals surface area contributed by atoms with Crippen molar-refractivity contribution in [3.05, 3.63) is 29.8 Å². The first kappa shape index (κ1) is 15.1. The molecule has 0 aliphatic carbocycles.